The van der Waals surface area contributed by atoms with E-state index in [1.54, 1.807) is 0 Å². The second-order valence-corrected chi connectivity index (χ2v) is 4.57. The molecule has 1 aromatic heterocycles. The van der Waals surface area contributed by atoms with Crippen LogP contribution in [0, 0.1) is 0 Å². The summed E-state index contributed by atoms with van der Waals surface area (Å²) in [6.45, 7) is 5.39. The van der Waals surface area contributed by atoms with Crippen LogP contribution in [0.1, 0.15) is 35.7 Å². The van der Waals surface area contributed by atoms with Crippen molar-refractivity contribution in [1.29, 1.82) is 0 Å². The number of allylic oxidation sites excluding steroid dienone is 2. The van der Waals surface area contributed by atoms with Crippen molar-refractivity contribution in [3.63, 3.8) is 0 Å². The van der Waals surface area contributed by atoms with Crippen molar-refractivity contribution >= 4 is 11.6 Å². The van der Waals surface area contributed by atoms with Crippen molar-refractivity contribution in [2.24, 2.45) is 11.6 Å². The maximum atomic E-state index is 5.64. The molecule has 4 heteroatoms. The molecule has 0 fully saturated rings. The molecule has 96 valence electrons. The molecule has 1 aromatic rings. The van der Waals surface area contributed by atoms with Gasteiger partial charge in [-0.1, -0.05) is 24.8 Å². The van der Waals surface area contributed by atoms with Crippen LogP contribution >= 0.6 is 0 Å². The van der Waals surface area contributed by atoms with E-state index in [4.69, 9.17) is 16.6 Å². The van der Waals surface area contributed by atoms with Crippen molar-refractivity contribution in [1.82, 2.24) is 10.4 Å². The van der Waals surface area contributed by atoms with Gasteiger partial charge in [0.05, 0.1) is 5.69 Å². The monoisotopic (exact) mass is 244 g/mol. The van der Waals surface area contributed by atoms with Gasteiger partial charge in [-0.15, -0.1) is 0 Å². The van der Waals surface area contributed by atoms with E-state index in [9.17, 15) is 0 Å². The van der Waals surface area contributed by atoms with Crippen molar-refractivity contribution in [2.75, 3.05) is 13.1 Å². The second-order valence-electron chi connectivity index (χ2n) is 4.57. The molecule has 0 amide bonds. The summed E-state index contributed by atoms with van der Waals surface area (Å²) in [5.41, 5.74) is 12.6. The normalized spacial score (nSPS) is 15.6. The van der Waals surface area contributed by atoms with E-state index in [1.807, 2.05) is 0 Å². The number of nitrogens with zero attached hydrogens (tertiary/aromatic N) is 1. The van der Waals surface area contributed by atoms with Crippen LogP contribution < -0.4 is 17.0 Å². The molecule has 0 radical (unpaired) electrons. The van der Waals surface area contributed by atoms with Gasteiger partial charge in [-0.2, -0.15) is 0 Å². The van der Waals surface area contributed by atoms with Gasteiger partial charge < -0.3 is 5.73 Å². The fourth-order valence-corrected chi connectivity index (χ4v) is 2.25. The molecule has 1 atom stereocenters. The third kappa shape index (κ3) is 2.67. The van der Waals surface area contributed by atoms with Gasteiger partial charge >= 0.3 is 0 Å². The van der Waals surface area contributed by atoms with Crippen LogP contribution in [0.3, 0.4) is 0 Å². The summed E-state index contributed by atoms with van der Waals surface area (Å²) >= 11 is 0. The van der Waals surface area contributed by atoms with E-state index in [-0.39, 0.29) is 5.92 Å². The van der Waals surface area contributed by atoms with Gasteiger partial charge in [0.15, 0.2) is 0 Å². The van der Waals surface area contributed by atoms with E-state index in [2.05, 4.69) is 36.3 Å². The van der Waals surface area contributed by atoms with Crippen molar-refractivity contribution < 1.29 is 0 Å². The highest BCUT2D eigenvalue weighted by atomic mass is 15.2. The summed E-state index contributed by atoms with van der Waals surface area (Å²) < 4.78 is 0. The number of nitrogens with one attached hydrogen (secondary N) is 1. The molecule has 0 bridgehead atoms. The molecule has 2 rings (SSSR count). The van der Waals surface area contributed by atoms with Gasteiger partial charge in [0, 0.05) is 23.7 Å². The Morgan fingerprint density at radius 3 is 3.00 bits per heavy atom. The average Bonchev–Trinajstić information content (AvgIpc) is 2.39. The van der Waals surface area contributed by atoms with E-state index in [0.29, 0.717) is 13.1 Å². The predicted molar refractivity (Wildman–Crippen MR) is 75.5 cm³/mol. The Balaban J connectivity index is 2.31. The Bertz CT molecular complexity index is 459. The van der Waals surface area contributed by atoms with Crippen LogP contribution in [0.25, 0.3) is 11.6 Å². The third-order valence-corrected chi connectivity index (χ3v) is 3.24. The highest BCUT2D eigenvalue weighted by Crippen LogP contribution is 2.28. The predicted octanol–water partition coefficient (Wildman–Crippen LogP) is 1.41. The number of hydrogen-bond donors (Lipinski definition) is 3. The number of hydrogen-bond acceptors (Lipinski definition) is 4. The van der Waals surface area contributed by atoms with Crippen LogP contribution in [0.2, 0.25) is 0 Å². The number of pyridine rings is 1. The Morgan fingerprint density at radius 1 is 1.44 bits per heavy atom. The Hall–Kier alpha value is -1.49. The van der Waals surface area contributed by atoms with E-state index >= 15 is 0 Å². The summed E-state index contributed by atoms with van der Waals surface area (Å²) in [5.74, 6) is 5.67. The largest absolute Gasteiger partial charge is 0.330 e. The van der Waals surface area contributed by atoms with Gasteiger partial charge in [-0.25, -0.2) is 0 Å². The second kappa shape index (κ2) is 5.91. The molecule has 0 saturated heterocycles. The molecule has 0 spiro atoms. The lowest BCUT2D eigenvalue weighted by atomic mass is 9.95. The standard InChI is InChI=1S/C14H20N4/c1-10-3-2-4-11-5-6-13(18-14(10)11)12(7-8-15)9-17-16/h2,4-6,12,17H,1,3,7-9,15-16H2. The van der Waals surface area contributed by atoms with Gasteiger partial charge in [-0.05, 0) is 31.0 Å². The lowest BCUT2D eigenvalue weighted by molar-refractivity contribution is 0.557. The zero-order valence-electron chi connectivity index (χ0n) is 10.5. The zero-order chi connectivity index (χ0) is 13.0. The third-order valence-electron chi connectivity index (χ3n) is 3.24. The summed E-state index contributed by atoms with van der Waals surface area (Å²) in [4.78, 5) is 4.73. The number of hydrazine groups is 1. The van der Waals surface area contributed by atoms with Crippen molar-refractivity contribution in [2.45, 2.75) is 18.8 Å². The first kappa shape index (κ1) is 13.0. The fourth-order valence-electron chi connectivity index (χ4n) is 2.25. The van der Waals surface area contributed by atoms with Crippen molar-refractivity contribution in [3.8, 4) is 0 Å². The molecule has 4 nitrogen and oxygen atoms in total. The summed E-state index contributed by atoms with van der Waals surface area (Å²) in [6.07, 6.45) is 5.96. The molecule has 1 aliphatic carbocycles. The molecular formula is C14H20N4. The number of fused-ring (bicyclic) bond motifs is 1. The lowest BCUT2D eigenvalue weighted by Gasteiger charge is -2.19. The van der Waals surface area contributed by atoms with Gasteiger partial charge in [0.1, 0.15) is 0 Å². The molecule has 5 N–H and O–H groups in total. The highest BCUT2D eigenvalue weighted by molar-refractivity contribution is 5.75. The summed E-state index contributed by atoms with van der Waals surface area (Å²) in [7, 11) is 0. The minimum Gasteiger partial charge on any atom is -0.330 e. The summed E-state index contributed by atoms with van der Waals surface area (Å²) in [5, 5.41) is 0. The van der Waals surface area contributed by atoms with Crippen LogP contribution in [0.4, 0.5) is 0 Å². The fraction of sp³-hybridized carbons (Fsp3) is 0.357. The first-order valence-electron chi connectivity index (χ1n) is 6.25. The molecule has 0 aliphatic heterocycles. The molecule has 0 aromatic carbocycles. The average molecular weight is 244 g/mol. The maximum Gasteiger partial charge on any atom is 0.0734 e. The van der Waals surface area contributed by atoms with E-state index in [1.165, 1.54) is 0 Å². The Kier molecular flexibility index (Phi) is 4.25. The number of aromatic nitrogens is 1. The minimum absolute atomic E-state index is 0.254. The summed E-state index contributed by atoms with van der Waals surface area (Å²) in [6, 6.07) is 4.15. The first-order chi connectivity index (χ1) is 8.76. The van der Waals surface area contributed by atoms with Crippen LogP contribution in [-0.2, 0) is 0 Å². The topological polar surface area (TPSA) is 77.0 Å². The molecule has 18 heavy (non-hydrogen) atoms. The van der Waals surface area contributed by atoms with Crippen LogP contribution in [-0.4, -0.2) is 18.1 Å². The smallest absolute Gasteiger partial charge is 0.0734 e. The van der Waals surface area contributed by atoms with Gasteiger partial charge in [0.25, 0.3) is 0 Å². The van der Waals surface area contributed by atoms with Gasteiger partial charge in [-0.3, -0.25) is 16.3 Å². The van der Waals surface area contributed by atoms with Crippen LogP contribution in [0.15, 0.2) is 24.8 Å². The van der Waals surface area contributed by atoms with E-state index in [0.717, 1.165) is 35.4 Å². The Labute approximate surface area is 108 Å². The molecule has 1 unspecified atom stereocenters. The highest BCUT2D eigenvalue weighted by Gasteiger charge is 2.16. The lowest BCUT2D eigenvalue weighted by Crippen LogP contribution is -2.29. The van der Waals surface area contributed by atoms with E-state index < -0.39 is 0 Å². The quantitative estimate of drug-likeness (QED) is 0.540. The molecular weight excluding hydrogens is 224 g/mol. The SMILES string of the molecule is C=C1CC=Cc2ccc(C(CCN)CNN)nc21. The maximum absolute atomic E-state index is 5.64. The first-order valence-corrected chi connectivity index (χ1v) is 6.25. The van der Waals surface area contributed by atoms with Crippen LogP contribution in [0.5, 0.6) is 0 Å². The van der Waals surface area contributed by atoms with Crippen molar-refractivity contribution in [3.05, 3.63) is 41.7 Å². The zero-order valence-corrected chi connectivity index (χ0v) is 10.5. The molecule has 0 saturated carbocycles. The Morgan fingerprint density at radius 2 is 2.28 bits per heavy atom. The number of nitrogens with two attached hydrogens (primary N) is 2. The number of rotatable bonds is 5. The molecule has 1 heterocycles. The molecule has 1 aliphatic rings. The minimum atomic E-state index is 0.254. The van der Waals surface area contributed by atoms with Gasteiger partial charge in [0.2, 0.25) is 0 Å².